The zero-order valence-electron chi connectivity index (χ0n) is 16.2. The summed E-state index contributed by atoms with van der Waals surface area (Å²) in [5, 5.41) is 0.517. The van der Waals surface area contributed by atoms with Gasteiger partial charge in [0, 0.05) is 37.7 Å². The first-order valence-corrected chi connectivity index (χ1v) is 10.3. The first-order valence-electron chi connectivity index (χ1n) is 9.92. The minimum atomic E-state index is -0.372. The Labute approximate surface area is 176 Å². The Hall–Kier alpha value is -2.47. The van der Waals surface area contributed by atoms with Crippen LogP contribution in [-0.2, 0) is 9.59 Å². The van der Waals surface area contributed by atoms with E-state index in [1.165, 1.54) is 10.5 Å². The second kappa shape index (κ2) is 8.91. The second-order valence-electron chi connectivity index (χ2n) is 7.42. The SMILES string of the molecule is O=C1C[C@H](N2CCN(C/C=C/c3ccccc3)CC2)C(=O)N1c1cccc(Cl)c1. The van der Waals surface area contributed by atoms with Crippen molar-refractivity contribution < 1.29 is 9.59 Å². The number of piperazine rings is 1. The number of imide groups is 1. The van der Waals surface area contributed by atoms with Crippen LogP contribution in [0.25, 0.3) is 6.08 Å². The molecule has 1 atom stereocenters. The van der Waals surface area contributed by atoms with E-state index in [2.05, 4.69) is 34.1 Å². The number of nitrogens with zero attached hydrogens (tertiary/aromatic N) is 3. The van der Waals surface area contributed by atoms with Gasteiger partial charge in [0.05, 0.1) is 18.2 Å². The van der Waals surface area contributed by atoms with Gasteiger partial charge in [-0.3, -0.25) is 19.4 Å². The Morgan fingerprint density at radius 2 is 1.72 bits per heavy atom. The average molecular weight is 410 g/mol. The summed E-state index contributed by atoms with van der Waals surface area (Å²) in [6.45, 7) is 4.22. The minimum absolute atomic E-state index is 0.144. The topological polar surface area (TPSA) is 43.9 Å². The van der Waals surface area contributed by atoms with E-state index < -0.39 is 0 Å². The molecule has 2 aliphatic rings. The molecular formula is C23H24ClN3O2. The van der Waals surface area contributed by atoms with Crippen LogP contribution in [0.1, 0.15) is 12.0 Å². The fourth-order valence-electron chi connectivity index (χ4n) is 3.95. The van der Waals surface area contributed by atoms with Gasteiger partial charge in [0.25, 0.3) is 5.91 Å². The summed E-state index contributed by atoms with van der Waals surface area (Å²) in [6, 6.07) is 16.8. The lowest BCUT2D eigenvalue weighted by atomic mass is 10.1. The summed E-state index contributed by atoms with van der Waals surface area (Å²) in [5.41, 5.74) is 1.75. The molecule has 0 radical (unpaired) electrons. The zero-order chi connectivity index (χ0) is 20.2. The zero-order valence-corrected chi connectivity index (χ0v) is 17.0. The van der Waals surface area contributed by atoms with Gasteiger partial charge in [-0.15, -0.1) is 0 Å². The molecule has 2 fully saturated rings. The molecule has 0 aliphatic carbocycles. The van der Waals surface area contributed by atoms with E-state index in [-0.39, 0.29) is 24.3 Å². The number of hydrogen-bond acceptors (Lipinski definition) is 4. The van der Waals surface area contributed by atoms with Gasteiger partial charge in [-0.25, -0.2) is 4.90 Å². The van der Waals surface area contributed by atoms with Crippen LogP contribution in [0.15, 0.2) is 60.7 Å². The van der Waals surface area contributed by atoms with Gasteiger partial charge in [0.15, 0.2) is 0 Å². The van der Waals surface area contributed by atoms with Crippen molar-refractivity contribution in [1.29, 1.82) is 0 Å². The lowest BCUT2D eigenvalue weighted by Crippen LogP contribution is -2.52. The van der Waals surface area contributed by atoms with E-state index in [1.807, 2.05) is 18.2 Å². The highest BCUT2D eigenvalue weighted by Gasteiger charge is 2.43. The molecule has 0 bridgehead atoms. The number of carbonyl (C=O) groups is 2. The molecule has 6 heteroatoms. The standard InChI is InChI=1S/C23H24ClN3O2/c24-19-9-4-10-20(16-19)27-22(28)17-21(23(27)29)26-14-12-25(13-15-26)11-5-8-18-6-2-1-3-7-18/h1-10,16,21H,11-15,17H2/b8-5+/t21-/m0/s1. The molecule has 29 heavy (non-hydrogen) atoms. The van der Waals surface area contributed by atoms with E-state index in [9.17, 15) is 9.59 Å². The summed E-state index contributed by atoms with van der Waals surface area (Å²) < 4.78 is 0. The molecule has 4 rings (SSSR count). The highest BCUT2D eigenvalue weighted by molar-refractivity contribution is 6.31. The largest absolute Gasteiger partial charge is 0.297 e. The van der Waals surface area contributed by atoms with Crippen LogP contribution in [0.3, 0.4) is 0 Å². The van der Waals surface area contributed by atoms with Crippen LogP contribution < -0.4 is 4.90 Å². The third-order valence-electron chi connectivity index (χ3n) is 5.51. The molecule has 0 saturated carbocycles. The summed E-state index contributed by atoms with van der Waals surface area (Å²) >= 11 is 6.03. The lowest BCUT2D eigenvalue weighted by molar-refractivity contribution is -0.123. The van der Waals surface area contributed by atoms with Crippen molar-refractivity contribution in [3.05, 3.63) is 71.3 Å². The van der Waals surface area contributed by atoms with Gasteiger partial charge in [-0.2, -0.15) is 0 Å². The van der Waals surface area contributed by atoms with E-state index in [4.69, 9.17) is 11.6 Å². The summed E-state index contributed by atoms with van der Waals surface area (Å²) in [4.78, 5) is 31.2. The van der Waals surface area contributed by atoms with Crippen molar-refractivity contribution in [2.24, 2.45) is 0 Å². The van der Waals surface area contributed by atoms with Gasteiger partial charge < -0.3 is 0 Å². The number of halogens is 1. The van der Waals surface area contributed by atoms with E-state index >= 15 is 0 Å². The summed E-state index contributed by atoms with van der Waals surface area (Å²) in [7, 11) is 0. The molecule has 2 heterocycles. The van der Waals surface area contributed by atoms with Gasteiger partial charge >= 0.3 is 0 Å². The predicted molar refractivity (Wildman–Crippen MR) is 116 cm³/mol. The van der Waals surface area contributed by atoms with Gasteiger partial charge in [0.1, 0.15) is 0 Å². The van der Waals surface area contributed by atoms with Gasteiger partial charge in [-0.1, -0.05) is 60.2 Å². The van der Waals surface area contributed by atoms with Gasteiger partial charge in [-0.05, 0) is 23.8 Å². The Kier molecular flexibility index (Phi) is 6.09. The minimum Gasteiger partial charge on any atom is -0.297 e. The fraction of sp³-hybridized carbons (Fsp3) is 0.304. The first kappa shape index (κ1) is 19.8. The Morgan fingerprint density at radius 1 is 0.966 bits per heavy atom. The van der Waals surface area contributed by atoms with E-state index in [1.54, 1.807) is 24.3 Å². The number of hydrogen-bond donors (Lipinski definition) is 0. The van der Waals surface area contributed by atoms with Crippen LogP contribution in [0.5, 0.6) is 0 Å². The van der Waals surface area contributed by atoms with Crippen molar-refractivity contribution >= 4 is 35.2 Å². The third kappa shape index (κ3) is 4.58. The second-order valence-corrected chi connectivity index (χ2v) is 7.85. The monoisotopic (exact) mass is 409 g/mol. The lowest BCUT2D eigenvalue weighted by Gasteiger charge is -2.36. The number of anilines is 1. The molecule has 2 amide bonds. The molecule has 2 aromatic carbocycles. The quantitative estimate of drug-likeness (QED) is 0.711. The fourth-order valence-corrected chi connectivity index (χ4v) is 4.13. The molecule has 2 saturated heterocycles. The number of amides is 2. The molecular weight excluding hydrogens is 386 g/mol. The Bertz CT molecular complexity index is 907. The Morgan fingerprint density at radius 3 is 2.45 bits per heavy atom. The normalized spacial score (nSPS) is 21.4. The van der Waals surface area contributed by atoms with E-state index in [0.717, 1.165) is 32.7 Å². The van der Waals surface area contributed by atoms with Crippen molar-refractivity contribution in [3.8, 4) is 0 Å². The molecule has 2 aliphatic heterocycles. The van der Waals surface area contributed by atoms with Crippen LogP contribution in [-0.4, -0.2) is 60.4 Å². The smallest absolute Gasteiger partial charge is 0.251 e. The number of benzene rings is 2. The maximum absolute atomic E-state index is 12.9. The van der Waals surface area contributed by atoms with Crippen LogP contribution >= 0.6 is 11.6 Å². The molecule has 150 valence electrons. The van der Waals surface area contributed by atoms with Crippen molar-refractivity contribution in [3.63, 3.8) is 0 Å². The first-order chi connectivity index (χ1) is 14.1. The number of carbonyl (C=O) groups excluding carboxylic acids is 2. The van der Waals surface area contributed by atoms with Gasteiger partial charge in [0.2, 0.25) is 5.91 Å². The molecule has 0 unspecified atom stereocenters. The van der Waals surface area contributed by atoms with E-state index in [0.29, 0.717) is 10.7 Å². The molecule has 0 N–H and O–H groups in total. The Balaban J connectivity index is 1.32. The summed E-state index contributed by atoms with van der Waals surface area (Å²) in [5.74, 6) is -0.301. The predicted octanol–water partition coefficient (Wildman–Crippen LogP) is 3.30. The average Bonchev–Trinajstić information content (AvgIpc) is 3.03. The maximum atomic E-state index is 12.9. The highest BCUT2D eigenvalue weighted by Crippen LogP contribution is 2.28. The number of rotatable bonds is 5. The highest BCUT2D eigenvalue weighted by atomic mass is 35.5. The maximum Gasteiger partial charge on any atom is 0.251 e. The summed E-state index contributed by atoms with van der Waals surface area (Å²) in [6.07, 6.45) is 4.55. The van der Waals surface area contributed by atoms with Crippen molar-refractivity contribution in [2.45, 2.75) is 12.5 Å². The molecule has 2 aromatic rings. The third-order valence-corrected chi connectivity index (χ3v) is 5.75. The van der Waals surface area contributed by atoms with Crippen LogP contribution in [0.4, 0.5) is 5.69 Å². The van der Waals surface area contributed by atoms with Crippen LogP contribution in [0.2, 0.25) is 5.02 Å². The molecule has 0 spiro atoms. The van der Waals surface area contributed by atoms with Crippen molar-refractivity contribution in [2.75, 3.05) is 37.6 Å². The molecule has 0 aromatic heterocycles. The molecule has 5 nitrogen and oxygen atoms in total. The van der Waals surface area contributed by atoms with Crippen molar-refractivity contribution in [1.82, 2.24) is 9.80 Å². The van der Waals surface area contributed by atoms with Crippen LogP contribution in [0, 0.1) is 0 Å².